The van der Waals surface area contributed by atoms with Gasteiger partial charge < -0.3 is 0 Å². The lowest BCUT2D eigenvalue weighted by Gasteiger charge is -2.15. The molecular formula is C7H9BrN2O2S. The molecule has 13 heavy (non-hydrogen) atoms. The van der Waals surface area contributed by atoms with Gasteiger partial charge in [0.15, 0.2) is 0 Å². The lowest BCUT2D eigenvalue weighted by atomic mass is 10.3. The summed E-state index contributed by atoms with van der Waals surface area (Å²) in [5.74, 6) is 5.37. The van der Waals surface area contributed by atoms with Crippen molar-refractivity contribution in [1.82, 2.24) is 0 Å². The highest BCUT2D eigenvalue weighted by atomic mass is 79.9. The molecule has 0 spiro atoms. The van der Waals surface area contributed by atoms with Gasteiger partial charge in [-0.2, -0.15) is 0 Å². The van der Waals surface area contributed by atoms with Gasteiger partial charge in [0.1, 0.15) is 0 Å². The molecule has 0 bridgehead atoms. The molecule has 2 N–H and O–H groups in total. The first kappa shape index (κ1) is 10.5. The molecule has 1 aromatic carbocycles. The number of sulfonamides is 1. The first-order valence-corrected chi connectivity index (χ1v) is 6.06. The molecule has 0 aliphatic rings. The molecule has 72 valence electrons. The van der Waals surface area contributed by atoms with Gasteiger partial charge >= 0.3 is 0 Å². The van der Waals surface area contributed by atoms with E-state index < -0.39 is 10.0 Å². The minimum Gasteiger partial charge on any atom is -0.233 e. The van der Waals surface area contributed by atoms with E-state index in [9.17, 15) is 8.42 Å². The van der Waals surface area contributed by atoms with Crippen LogP contribution in [-0.4, -0.2) is 14.7 Å². The zero-order valence-corrected chi connectivity index (χ0v) is 9.34. The van der Waals surface area contributed by atoms with Crippen LogP contribution in [0.15, 0.2) is 28.7 Å². The number of anilines is 1. The monoisotopic (exact) mass is 264 g/mol. The number of nitrogens with two attached hydrogens (primary N) is 1. The van der Waals surface area contributed by atoms with Crippen LogP contribution in [0.1, 0.15) is 0 Å². The summed E-state index contributed by atoms with van der Waals surface area (Å²) >= 11 is 3.22. The molecule has 0 saturated carbocycles. The smallest absolute Gasteiger partial charge is 0.233 e. The summed E-state index contributed by atoms with van der Waals surface area (Å²) in [6.07, 6.45) is 1.05. The molecule has 0 saturated heterocycles. The van der Waals surface area contributed by atoms with Crippen LogP contribution in [0.25, 0.3) is 0 Å². The van der Waals surface area contributed by atoms with Gasteiger partial charge in [0.25, 0.3) is 0 Å². The Morgan fingerprint density at radius 2 is 2.08 bits per heavy atom. The Hall–Kier alpha value is -0.590. The zero-order chi connectivity index (χ0) is 10.1. The highest BCUT2D eigenvalue weighted by molar-refractivity contribution is 9.10. The van der Waals surface area contributed by atoms with Gasteiger partial charge in [-0.25, -0.2) is 18.7 Å². The van der Waals surface area contributed by atoms with Crippen LogP contribution in [0.2, 0.25) is 0 Å². The van der Waals surface area contributed by atoms with Crippen molar-refractivity contribution in [2.75, 3.05) is 10.7 Å². The van der Waals surface area contributed by atoms with Crippen LogP contribution in [0.3, 0.4) is 0 Å². The number of halogens is 1. The van der Waals surface area contributed by atoms with Crippen molar-refractivity contribution in [3.8, 4) is 0 Å². The molecule has 0 aromatic heterocycles. The fraction of sp³-hybridized carbons (Fsp3) is 0.143. The standard InChI is InChI=1S/C7H9BrN2O2S/c1-13(11,12)10(9)7-4-2-3-6(8)5-7/h2-5H,9H2,1H3. The number of hydrazine groups is 1. The Labute approximate surface area is 85.5 Å². The number of nitrogens with zero attached hydrogens (tertiary/aromatic N) is 1. The minimum absolute atomic E-state index is 0.428. The topological polar surface area (TPSA) is 63.4 Å². The largest absolute Gasteiger partial charge is 0.245 e. The van der Waals surface area contributed by atoms with Gasteiger partial charge in [0.2, 0.25) is 10.0 Å². The summed E-state index contributed by atoms with van der Waals surface area (Å²) in [7, 11) is -3.38. The molecular weight excluding hydrogens is 256 g/mol. The van der Waals surface area contributed by atoms with Crippen LogP contribution < -0.4 is 10.3 Å². The van der Waals surface area contributed by atoms with Gasteiger partial charge in [-0.1, -0.05) is 22.0 Å². The third kappa shape index (κ3) is 2.68. The second-order valence-corrected chi connectivity index (χ2v) is 5.31. The molecule has 6 heteroatoms. The molecule has 1 rings (SSSR count). The highest BCUT2D eigenvalue weighted by Crippen LogP contribution is 2.19. The molecule has 0 fully saturated rings. The van der Waals surface area contributed by atoms with Crippen molar-refractivity contribution in [2.45, 2.75) is 0 Å². The molecule has 0 aliphatic heterocycles. The average Bonchev–Trinajstić information content (AvgIpc) is 2.01. The lowest BCUT2D eigenvalue weighted by molar-refractivity contribution is 0.598. The van der Waals surface area contributed by atoms with Crippen molar-refractivity contribution < 1.29 is 8.42 Å². The second kappa shape index (κ2) is 3.65. The van der Waals surface area contributed by atoms with E-state index in [0.717, 1.165) is 15.1 Å². The van der Waals surface area contributed by atoms with E-state index in [1.165, 1.54) is 0 Å². The predicted molar refractivity (Wildman–Crippen MR) is 55.7 cm³/mol. The maximum absolute atomic E-state index is 11.0. The highest BCUT2D eigenvalue weighted by Gasteiger charge is 2.12. The molecule has 0 unspecified atom stereocenters. The van der Waals surface area contributed by atoms with E-state index in [1.807, 2.05) is 0 Å². The first-order chi connectivity index (χ1) is 5.91. The Balaban J connectivity index is 3.10. The summed E-state index contributed by atoms with van der Waals surface area (Å²) in [4.78, 5) is 0. The van der Waals surface area contributed by atoms with Crippen molar-refractivity contribution in [3.63, 3.8) is 0 Å². The molecule has 4 nitrogen and oxygen atoms in total. The van der Waals surface area contributed by atoms with Gasteiger partial charge in [-0.05, 0) is 18.2 Å². The number of hydrogen-bond acceptors (Lipinski definition) is 3. The quantitative estimate of drug-likeness (QED) is 0.643. The summed E-state index contributed by atoms with van der Waals surface area (Å²) in [5, 5.41) is 0. The van der Waals surface area contributed by atoms with E-state index in [2.05, 4.69) is 15.9 Å². The average molecular weight is 265 g/mol. The van der Waals surface area contributed by atoms with Gasteiger partial charge in [-0.15, -0.1) is 0 Å². The first-order valence-electron chi connectivity index (χ1n) is 3.42. The summed E-state index contributed by atoms with van der Waals surface area (Å²) in [5.41, 5.74) is 0.428. The Morgan fingerprint density at radius 1 is 1.46 bits per heavy atom. The summed E-state index contributed by atoms with van der Waals surface area (Å²) in [6, 6.07) is 6.75. The van der Waals surface area contributed by atoms with Crippen LogP contribution >= 0.6 is 15.9 Å². The van der Waals surface area contributed by atoms with Gasteiger partial charge in [0.05, 0.1) is 11.9 Å². The third-order valence-electron chi connectivity index (χ3n) is 1.42. The van der Waals surface area contributed by atoms with E-state index in [-0.39, 0.29) is 0 Å². The Morgan fingerprint density at radius 3 is 2.54 bits per heavy atom. The third-order valence-corrected chi connectivity index (χ3v) is 2.84. The molecule has 0 heterocycles. The minimum atomic E-state index is -3.38. The van der Waals surface area contributed by atoms with E-state index >= 15 is 0 Å². The fourth-order valence-corrected chi connectivity index (χ4v) is 1.69. The summed E-state index contributed by atoms with van der Waals surface area (Å²) < 4.78 is 23.6. The number of hydrogen-bond donors (Lipinski definition) is 1. The molecule has 0 amide bonds. The Kier molecular flexibility index (Phi) is 2.94. The normalized spacial score (nSPS) is 11.3. The Bertz CT molecular complexity index is 405. The van der Waals surface area contributed by atoms with E-state index in [4.69, 9.17) is 5.84 Å². The van der Waals surface area contributed by atoms with Crippen LogP contribution in [0.4, 0.5) is 5.69 Å². The number of rotatable bonds is 2. The molecule has 0 atom stereocenters. The van der Waals surface area contributed by atoms with E-state index in [1.54, 1.807) is 24.3 Å². The zero-order valence-electron chi connectivity index (χ0n) is 6.94. The van der Waals surface area contributed by atoms with Crippen LogP contribution in [0.5, 0.6) is 0 Å². The van der Waals surface area contributed by atoms with Crippen molar-refractivity contribution >= 4 is 31.6 Å². The second-order valence-electron chi connectivity index (χ2n) is 2.54. The maximum atomic E-state index is 11.0. The number of benzene rings is 1. The summed E-state index contributed by atoms with van der Waals surface area (Å²) in [6.45, 7) is 0. The lowest BCUT2D eigenvalue weighted by Crippen LogP contribution is -2.36. The van der Waals surface area contributed by atoms with E-state index in [0.29, 0.717) is 5.69 Å². The maximum Gasteiger partial charge on any atom is 0.245 e. The molecule has 0 aliphatic carbocycles. The van der Waals surface area contributed by atoms with Gasteiger partial charge in [0, 0.05) is 4.47 Å². The van der Waals surface area contributed by atoms with Crippen LogP contribution in [0, 0.1) is 0 Å². The van der Waals surface area contributed by atoms with Crippen molar-refractivity contribution in [3.05, 3.63) is 28.7 Å². The van der Waals surface area contributed by atoms with Gasteiger partial charge in [-0.3, -0.25) is 0 Å². The van der Waals surface area contributed by atoms with Crippen molar-refractivity contribution in [1.29, 1.82) is 0 Å². The van der Waals surface area contributed by atoms with Crippen molar-refractivity contribution in [2.24, 2.45) is 5.84 Å². The van der Waals surface area contributed by atoms with Crippen LogP contribution in [-0.2, 0) is 10.0 Å². The SMILES string of the molecule is CS(=O)(=O)N(N)c1cccc(Br)c1. The predicted octanol–water partition coefficient (Wildman–Crippen LogP) is 1.09. The molecule has 0 radical (unpaired) electrons. The molecule has 1 aromatic rings. The fourth-order valence-electron chi connectivity index (χ4n) is 0.805.